The van der Waals surface area contributed by atoms with E-state index >= 15 is 0 Å². The third-order valence-corrected chi connectivity index (χ3v) is 6.09. The number of carbonyl (C=O) groups excluding carboxylic acids is 2. The SMILES string of the molecule is C=C1NC(=O)N(c2cc(Cl)c(Oc3ccc4c(c3)CCN(C(C)OCC)C4=O)c(Cl)c2)N=C1C#N. The number of anilines is 1. The number of hydrogen-bond donors (Lipinski definition) is 1. The smallest absolute Gasteiger partial charge is 0.347 e. The molecule has 9 nitrogen and oxygen atoms in total. The standard InChI is InChI=1S/C24H21Cl2N5O4/c1-4-34-14(3)30-8-7-15-9-17(5-6-18(15)23(30)32)35-22-19(25)10-16(11-20(22)26)31-24(33)28-13(2)21(12-27)29-31/h5-6,9-11,14H,2,4,7-8H2,1,3H3,(H,28,33). The maximum absolute atomic E-state index is 12.9. The van der Waals surface area contributed by atoms with Crippen molar-refractivity contribution < 1.29 is 19.1 Å². The molecule has 180 valence electrons. The second-order valence-electron chi connectivity index (χ2n) is 7.74. The number of amides is 3. The minimum Gasteiger partial charge on any atom is -0.454 e. The molecule has 2 aliphatic rings. The van der Waals surface area contributed by atoms with E-state index < -0.39 is 6.03 Å². The quantitative estimate of drug-likeness (QED) is 0.578. The van der Waals surface area contributed by atoms with Crippen LogP contribution in [0.25, 0.3) is 0 Å². The third kappa shape index (κ3) is 4.82. The minimum absolute atomic E-state index is 0.0463. The molecule has 0 aromatic heterocycles. The van der Waals surface area contributed by atoms with Crippen LogP contribution in [-0.4, -0.2) is 41.9 Å². The fourth-order valence-corrected chi connectivity index (χ4v) is 4.37. The molecule has 4 rings (SSSR count). The molecule has 2 aromatic carbocycles. The number of hydrazone groups is 1. The summed E-state index contributed by atoms with van der Waals surface area (Å²) in [6.07, 6.45) is 0.339. The molecule has 0 aliphatic carbocycles. The molecule has 0 bridgehead atoms. The van der Waals surface area contributed by atoms with Crippen molar-refractivity contribution in [3.63, 3.8) is 0 Å². The summed E-state index contributed by atoms with van der Waals surface area (Å²) in [4.78, 5) is 26.9. The second-order valence-corrected chi connectivity index (χ2v) is 8.56. The van der Waals surface area contributed by atoms with Crippen LogP contribution in [0.5, 0.6) is 11.5 Å². The Kier molecular flexibility index (Phi) is 6.98. The number of carbonyl (C=O) groups is 2. The van der Waals surface area contributed by atoms with Crippen LogP contribution in [0.1, 0.15) is 29.8 Å². The summed E-state index contributed by atoms with van der Waals surface area (Å²) in [7, 11) is 0. The zero-order valence-electron chi connectivity index (χ0n) is 19.0. The second kappa shape index (κ2) is 9.96. The van der Waals surface area contributed by atoms with Crippen molar-refractivity contribution in [2.45, 2.75) is 26.5 Å². The van der Waals surface area contributed by atoms with Gasteiger partial charge in [-0.3, -0.25) is 4.79 Å². The number of ether oxygens (including phenoxy) is 2. The predicted molar refractivity (Wildman–Crippen MR) is 132 cm³/mol. The van der Waals surface area contributed by atoms with Gasteiger partial charge in [0.1, 0.15) is 18.0 Å². The Hall–Kier alpha value is -3.58. The van der Waals surface area contributed by atoms with E-state index in [1.54, 1.807) is 23.1 Å². The summed E-state index contributed by atoms with van der Waals surface area (Å²) >= 11 is 12.9. The summed E-state index contributed by atoms with van der Waals surface area (Å²) in [6.45, 7) is 8.38. The molecule has 1 atom stereocenters. The number of urea groups is 1. The number of nitrogens with one attached hydrogen (secondary N) is 1. The van der Waals surface area contributed by atoms with E-state index in [0.29, 0.717) is 30.9 Å². The van der Waals surface area contributed by atoms with Crippen LogP contribution in [0.2, 0.25) is 10.0 Å². The number of hydrogen-bond acceptors (Lipinski definition) is 6. The molecular weight excluding hydrogens is 493 g/mol. The topological polar surface area (TPSA) is 107 Å². The van der Waals surface area contributed by atoms with Crippen molar-refractivity contribution >= 4 is 46.5 Å². The lowest BCUT2D eigenvalue weighted by Gasteiger charge is -2.33. The van der Waals surface area contributed by atoms with Crippen LogP contribution in [0, 0.1) is 11.3 Å². The zero-order chi connectivity index (χ0) is 25.3. The Morgan fingerprint density at radius 2 is 1.97 bits per heavy atom. The maximum Gasteiger partial charge on any atom is 0.347 e. The number of benzene rings is 2. The number of fused-ring (bicyclic) bond motifs is 1. The molecule has 2 aromatic rings. The predicted octanol–water partition coefficient (Wildman–Crippen LogP) is 5.09. The highest BCUT2D eigenvalue weighted by atomic mass is 35.5. The summed E-state index contributed by atoms with van der Waals surface area (Å²) in [6, 6.07) is 9.30. The van der Waals surface area contributed by atoms with Gasteiger partial charge < -0.3 is 19.7 Å². The number of rotatable bonds is 6. The lowest BCUT2D eigenvalue weighted by Crippen LogP contribution is -2.44. The normalized spacial score (nSPS) is 16.3. The van der Waals surface area contributed by atoms with Gasteiger partial charge in [0.25, 0.3) is 5.91 Å². The summed E-state index contributed by atoms with van der Waals surface area (Å²) < 4.78 is 11.5. The van der Waals surface area contributed by atoms with Crippen LogP contribution in [0.4, 0.5) is 10.5 Å². The Labute approximate surface area is 212 Å². The van der Waals surface area contributed by atoms with Crippen molar-refractivity contribution in [1.29, 1.82) is 5.26 Å². The maximum atomic E-state index is 12.9. The Morgan fingerprint density at radius 1 is 1.26 bits per heavy atom. The first-order chi connectivity index (χ1) is 16.7. The van der Waals surface area contributed by atoms with Gasteiger partial charge in [0.2, 0.25) is 0 Å². The van der Waals surface area contributed by atoms with Crippen LogP contribution < -0.4 is 15.1 Å². The Balaban J connectivity index is 1.58. The fraction of sp³-hybridized carbons (Fsp3) is 0.250. The number of nitriles is 1. The largest absolute Gasteiger partial charge is 0.454 e. The molecule has 11 heteroatoms. The van der Waals surface area contributed by atoms with Crippen molar-refractivity contribution in [3.8, 4) is 17.6 Å². The van der Waals surface area contributed by atoms with Crippen molar-refractivity contribution in [2.24, 2.45) is 5.10 Å². The molecular formula is C24H21Cl2N5O4. The van der Waals surface area contributed by atoms with Crippen LogP contribution >= 0.6 is 23.2 Å². The number of halogens is 2. The van der Waals surface area contributed by atoms with Crippen molar-refractivity contribution in [1.82, 2.24) is 10.2 Å². The molecule has 0 spiro atoms. The van der Waals surface area contributed by atoms with Crippen LogP contribution in [0.3, 0.4) is 0 Å². The average Bonchev–Trinajstić information content (AvgIpc) is 2.81. The fourth-order valence-electron chi connectivity index (χ4n) is 3.82. The first kappa shape index (κ1) is 24.5. The lowest BCUT2D eigenvalue weighted by molar-refractivity contribution is -0.0308. The van der Waals surface area contributed by atoms with Crippen LogP contribution in [-0.2, 0) is 11.2 Å². The summed E-state index contributed by atoms with van der Waals surface area (Å²) in [5, 5.41) is 16.8. The monoisotopic (exact) mass is 513 g/mol. The van der Waals surface area contributed by atoms with E-state index in [9.17, 15) is 14.9 Å². The molecule has 1 N–H and O–H groups in total. The average molecular weight is 514 g/mol. The van der Waals surface area contributed by atoms with E-state index in [1.165, 1.54) is 12.1 Å². The van der Waals surface area contributed by atoms with Gasteiger partial charge in [-0.15, -0.1) is 0 Å². The van der Waals surface area contributed by atoms with Gasteiger partial charge >= 0.3 is 6.03 Å². The lowest BCUT2D eigenvalue weighted by atomic mass is 9.98. The number of nitrogens with zero attached hydrogens (tertiary/aromatic N) is 4. The molecule has 0 saturated heterocycles. The molecule has 1 unspecified atom stereocenters. The summed E-state index contributed by atoms with van der Waals surface area (Å²) in [5.41, 5.74) is 1.73. The van der Waals surface area contributed by atoms with Gasteiger partial charge in [-0.2, -0.15) is 15.4 Å². The molecule has 0 fully saturated rings. The van der Waals surface area contributed by atoms with E-state index in [1.807, 2.05) is 19.9 Å². The van der Waals surface area contributed by atoms with E-state index in [-0.39, 0.29) is 45.0 Å². The Bertz CT molecular complexity index is 1280. The minimum atomic E-state index is -0.609. The van der Waals surface area contributed by atoms with Crippen molar-refractivity contribution in [3.05, 3.63) is 63.8 Å². The van der Waals surface area contributed by atoms with Gasteiger partial charge in [0.15, 0.2) is 11.5 Å². The molecule has 3 amide bonds. The molecule has 0 saturated carbocycles. The summed E-state index contributed by atoms with van der Waals surface area (Å²) in [5.74, 6) is 0.534. The van der Waals surface area contributed by atoms with Gasteiger partial charge in [0.05, 0.1) is 21.4 Å². The third-order valence-electron chi connectivity index (χ3n) is 5.53. The highest BCUT2D eigenvalue weighted by molar-refractivity contribution is 6.37. The van der Waals surface area contributed by atoms with E-state index in [2.05, 4.69) is 17.0 Å². The number of allylic oxidation sites excluding steroid dienone is 1. The first-order valence-electron chi connectivity index (χ1n) is 10.7. The van der Waals surface area contributed by atoms with Crippen LogP contribution in [0.15, 0.2) is 47.7 Å². The van der Waals surface area contributed by atoms with Gasteiger partial charge in [-0.1, -0.05) is 29.8 Å². The Morgan fingerprint density at radius 3 is 2.63 bits per heavy atom. The zero-order valence-corrected chi connectivity index (χ0v) is 20.5. The molecule has 35 heavy (non-hydrogen) atoms. The first-order valence-corrected chi connectivity index (χ1v) is 11.5. The highest BCUT2D eigenvalue weighted by Gasteiger charge is 2.29. The van der Waals surface area contributed by atoms with E-state index in [0.717, 1.165) is 10.6 Å². The molecule has 0 radical (unpaired) electrons. The van der Waals surface area contributed by atoms with Gasteiger partial charge in [-0.05, 0) is 56.2 Å². The highest BCUT2D eigenvalue weighted by Crippen LogP contribution is 2.41. The van der Waals surface area contributed by atoms with Gasteiger partial charge in [-0.25, -0.2) is 4.79 Å². The van der Waals surface area contributed by atoms with Crippen molar-refractivity contribution in [2.75, 3.05) is 18.2 Å². The molecule has 2 heterocycles. The molecule has 2 aliphatic heterocycles. The van der Waals surface area contributed by atoms with Gasteiger partial charge in [0, 0.05) is 18.7 Å². The van der Waals surface area contributed by atoms with E-state index in [4.69, 9.17) is 32.7 Å².